The number of aliphatic hydroxyl groups excluding tert-OH is 1. The highest BCUT2D eigenvalue weighted by Gasteiger charge is 2.23. The number of amides is 1. The SMILES string of the molecule is CCOc1ccc(NC(=O)C[C@@H](NCCOCCO)C(=O)O)c([N+](=O)[O-])c1. The molecule has 27 heavy (non-hydrogen) atoms. The predicted molar refractivity (Wildman–Crippen MR) is 94.8 cm³/mol. The molecule has 1 aromatic carbocycles. The lowest BCUT2D eigenvalue weighted by Crippen LogP contribution is -2.41. The first-order valence-electron chi connectivity index (χ1n) is 8.24. The standard InChI is InChI=1S/C16H23N3O8/c1-2-27-11-3-4-12(14(9-11)19(24)25)18-15(21)10-13(16(22)23)17-5-7-26-8-6-20/h3-4,9,13,17,20H,2,5-8,10H2,1H3,(H,18,21)(H,22,23)/t13-/m1/s1. The zero-order valence-electron chi connectivity index (χ0n) is 14.8. The molecule has 11 heteroatoms. The zero-order chi connectivity index (χ0) is 20.2. The Morgan fingerprint density at radius 3 is 2.67 bits per heavy atom. The molecule has 11 nitrogen and oxygen atoms in total. The number of nitrogens with zero attached hydrogens (tertiary/aromatic N) is 1. The maximum atomic E-state index is 12.1. The van der Waals surface area contributed by atoms with Crippen molar-refractivity contribution in [2.75, 3.05) is 38.3 Å². The van der Waals surface area contributed by atoms with Gasteiger partial charge in [-0.3, -0.25) is 19.7 Å². The van der Waals surface area contributed by atoms with Crippen molar-refractivity contribution in [1.29, 1.82) is 0 Å². The molecule has 0 fully saturated rings. The van der Waals surface area contributed by atoms with Gasteiger partial charge in [-0.2, -0.15) is 0 Å². The Kier molecular flexibility index (Phi) is 9.72. The van der Waals surface area contributed by atoms with Gasteiger partial charge in [0.15, 0.2) is 0 Å². The van der Waals surface area contributed by atoms with Crippen LogP contribution < -0.4 is 15.4 Å². The number of hydrogen-bond acceptors (Lipinski definition) is 8. The molecule has 0 aliphatic carbocycles. The summed E-state index contributed by atoms with van der Waals surface area (Å²) in [5.41, 5.74) is -0.407. The number of aliphatic carboxylic acids is 1. The summed E-state index contributed by atoms with van der Waals surface area (Å²) in [5.74, 6) is -1.65. The number of nitro groups is 1. The Bertz CT molecular complexity index is 653. The molecule has 1 amide bonds. The number of aliphatic hydroxyl groups is 1. The van der Waals surface area contributed by atoms with Gasteiger partial charge in [-0.05, 0) is 19.1 Å². The number of carboxylic acids is 1. The van der Waals surface area contributed by atoms with Crippen LogP contribution in [0.2, 0.25) is 0 Å². The van der Waals surface area contributed by atoms with Crippen molar-refractivity contribution >= 4 is 23.3 Å². The molecule has 0 saturated heterocycles. The van der Waals surface area contributed by atoms with E-state index >= 15 is 0 Å². The summed E-state index contributed by atoms with van der Waals surface area (Å²) < 4.78 is 10.2. The average Bonchev–Trinajstić information content (AvgIpc) is 2.61. The second-order valence-corrected chi connectivity index (χ2v) is 5.30. The summed E-state index contributed by atoms with van der Waals surface area (Å²) in [5, 5.41) is 33.9. The highest BCUT2D eigenvalue weighted by molar-refractivity contribution is 5.95. The first-order chi connectivity index (χ1) is 12.9. The number of hydrogen-bond donors (Lipinski definition) is 4. The Morgan fingerprint density at radius 2 is 2.07 bits per heavy atom. The van der Waals surface area contributed by atoms with E-state index in [2.05, 4.69) is 10.6 Å². The number of benzene rings is 1. The van der Waals surface area contributed by atoms with Gasteiger partial charge in [0, 0.05) is 6.54 Å². The number of rotatable bonds is 13. The van der Waals surface area contributed by atoms with Crippen molar-refractivity contribution in [2.24, 2.45) is 0 Å². The van der Waals surface area contributed by atoms with Crippen LogP contribution in [0.4, 0.5) is 11.4 Å². The van der Waals surface area contributed by atoms with Crippen LogP contribution in [-0.4, -0.2) is 66.0 Å². The van der Waals surface area contributed by atoms with Gasteiger partial charge < -0.3 is 30.3 Å². The largest absolute Gasteiger partial charge is 0.494 e. The molecule has 150 valence electrons. The molecule has 4 N–H and O–H groups in total. The molecule has 0 spiro atoms. The predicted octanol–water partition coefficient (Wildman–Crippen LogP) is 0.374. The molecule has 0 aliphatic rings. The van der Waals surface area contributed by atoms with Gasteiger partial charge in [0.25, 0.3) is 5.69 Å². The van der Waals surface area contributed by atoms with Crippen molar-refractivity contribution in [2.45, 2.75) is 19.4 Å². The van der Waals surface area contributed by atoms with Crippen LogP contribution in [0.3, 0.4) is 0 Å². The third-order valence-corrected chi connectivity index (χ3v) is 3.31. The van der Waals surface area contributed by atoms with Crippen LogP contribution in [0, 0.1) is 10.1 Å². The molecule has 1 aromatic rings. The molecule has 1 atom stereocenters. The molecular formula is C16H23N3O8. The van der Waals surface area contributed by atoms with Crippen molar-refractivity contribution in [3.63, 3.8) is 0 Å². The third-order valence-electron chi connectivity index (χ3n) is 3.31. The zero-order valence-corrected chi connectivity index (χ0v) is 14.8. The lowest BCUT2D eigenvalue weighted by atomic mass is 10.2. The number of carbonyl (C=O) groups excluding carboxylic acids is 1. The van der Waals surface area contributed by atoms with E-state index in [-0.39, 0.29) is 43.5 Å². The first kappa shape index (κ1) is 22.3. The Hall–Kier alpha value is -2.76. The maximum Gasteiger partial charge on any atom is 0.321 e. The monoisotopic (exact) mass is 385 g/mol. The summed E-state index contributed by atoms with van der Waals surface area (Å²) in [7, 11) is 0. The van der Waals surface area contributed by atoms with Crippen molar-refractivity contribution < 1.29 is 34.2 Å². The Morgan fingerprint density at radius 1 is 1.33 bits per heavy atom. The fraction of sp³-hybridized carbons (Fsp3) is 0.500. The molecule has 0 unspecified atom stereocenters. The second-order valence-electron chi connectivity index (χ2n) is 5.30. The quantitative estimate of drug-likeness (QED) is 0.214. The minimum Gasteiger partial charge on any atom is -0.494 e. The van der Waals surface area contributed by atoms with E-state index in [4.69, 9.17) is 14.6 Å². The van der Waals surface area contributed by atoms with Crippen molar-refractivity contribution in [3.05, 3.63) is 28.3 Å². The van der Waals surface area contributed by atoms with Crippen molar-refractivity contribution in [3.8, 4) is 5.75 Å². The molecule has 0 aliphatic heterocycles. The Labute approximate surface area is 155 Å². The summed E-state index contributed by atoms with van der Waals surface area (Å²) in [6.45, 7) is 2.36. The van der Waals surface area contributed by atoms with Gasteiger partial charge >= 0.3 is 5.97 Å². The topological polar surface area (TPSA) is 160 Å². The van der Waals surface area contributed by atoms with E-state index in [1.165, 1.54) is 18.2 Å². The molecule has 0 saturated carbocycles. The summed E-state index contributed by atoms with van der Waals surface area (Å²) >= 11 is 0. The molecular weight excluding hydrogens is 362 g/mol. The number of carboxylic acid groups (broad SMARTS) is 1. The van der Waals surface area contributed by atoms with E-state index in [9.17, 15) is 24.8 Å². The number of anilines is 1. The molecule has 0 bridgehead atoms. The number of ether oxygens (including phenoxy) is 2. The smallest absolute Gasteiger partial charge is 0.321 e. The summed E-state index contributed by atoms with van der Waals surface area (Å²) in [6.07, 6.45) is -0.431. The van der Waals surface area contributed by atoms with Gasteiger partial charge in [0.1, 0.15) is 17.5 Å². The lowest BCUT2D eigenvalue weighted by Gasteiger charge is -2.14. The highest BCUT2D eigenvalue weighted by atomic mass is 16.6. The average molecular weight is 385 g/mol. The Balaban J connectivity index is 2.70. The maximum absolute atomic E-state index is 12.1. The summed E-state index contributed by atoms with van der Waals surface area (Å²) in [6, 6.07) is 2.79. The van der Waals surface area contributed by atoms with E-state index in [1.54, 1.807) is 6.92 Å². The number of nitrogens with one attached hydrogen (secondary N) is 2. The molecule has 0 radical (unpaired) electrons. The lowest BCUT2D eigenvalue weighted by molar-refractivity contribution is -0.384. The fourth-order valence-corrected chi connectivity index (χ4v) is 2.13. The van der Waals surface area contributed by atoms with Gasteiger partial charge in [0.05, 0.1) is 43.8 Å². The van der Waals surface area contributed by atoms with E-state index < -0.39 is 29.3 Å². The molecule has 1 rings (SSSR count). The van der Waals surface area contributed by atoms with E-state index in [0.29, 0.717) is 6.61 Å². The van der Waals surface area contributed by atoms with Gasteiger partial charge in [-0.25, -0.2) is 0 Å². The second kappa shape index (κ2) is 11.8. The van der Waals surface area contributed by atoms with Crippen LogP contribution in [0.15, 0.2) is 18.2 Å². The van der Waals surface area contributed by atoms with Crippen LogP contribution >= 0.6 is 0 Å². The van der Waals surface area contributed by atoms with Crippen LogP contribution in [0.25, 0.3) is 0 Å². The van der Waals surface area contributed by atoms with Crippen molar-refractivity contribution in [1.82, 2.24) is 5.32 Å². The van der Waals surface area contributed by atoms with Crippen LogP contribution in [-0.2, 0) is 14.3 Å². The number of nitro benzene ring substituents is 1. The molecule has 0 aromatic heterocycles. The van der Waals surface area contributed by atoms with Gasteiger partial charge in [-0.15, -0.1) is 0 Å². The number of carbonyl (C=O) groups is 2. The highest BCUT2D eigenvalue weighted by Crippen LogP contribution is 2.29. The summed E-state index contributed by atoms with van der Waals surface area (Å²) in [4.78, 5) is 33.9. The molecule has 0 heterocycles. The normalized spacial score (nSPS) is 11.6. The van der Waals surface area contributed by atoms with Gasteiger partial charge in [-0.1, -0.05) is 0 Å². The van der Waals surface area contributed by atoms with Gasteiger partial charge in [0.2, 0.25) is 5.91 Å². The van der Waals surface area contributed by atoms with E-state index in [0.717, 1.165) is 0 Å². The van der Waals surface area contributed by atoms with E-state index in [1.807, 2.05) is 0 Å². The first-order valence-corrected chi connectivity index (χ1v) is 8.24. The minimum atomic E-state index is -1.24. The van der Waals surface area contributed by atoms with Crippen LogP contribution in [0.1, 0.15) is 13.3 Å². The fourth-order valence-electron chi connectivity index (χ4n) is 2.13. The third kappa shape index (κ3) is 7.98. The minimum absolute atomic E-state index is 0.0520. The van der Waals surface area contributed by atoms with Crippen LogP contribution in [0.5, 0.6) is 5.75 Å².